The van der Waals surface area contributed by atoms with Gasteiger partial charge in [-0.3, -0.25) is 0 Å². The fraction of sp³-hybridized carbons (Fsp3) is 0.385. The first-order valence-electron chi connectivity index (χ1n) is 5.97. The number of urea groups is 1. The van der Waals surface area contributed by atoms with Crippen LogP contribution < -0.4 is 10.6 Å². The fourth-order valence-electron chi connectivity index (χ4n) is 1.60. The van der Waals surface area contributed by atoms with Crippen LogP contribution in [0.2, 0.25) is 0 Å². The zero-order chi connectivity index (χ0) is 13.9. The molecule has 0 aliphatic carbocycles. The van der Waals surface area contributed by atoms with Crippen molar-refractivity contribution in [3.05, 3.63) is 38.5 Å². The first-order chi connectivity index (χ1) is 8.97. The summed E-state index contributed by atoms with van der Waals surface area (Å²) < 4.78 is 0. The average molecular weight is 295 g/mol. The molecule has 2 aromatic rings. The average Bonchev–Trinajstić information content (AvgIpc) is 2.96. The maximum absolute atomic E-state index is 11.9. The van der Waals surface area contributed by atoms with E-state index in [0.29, 0.717) is 6.54 Å². The van der Waals surface area contributed by atoms with Crippen molar-refractivity contribution < 1.29 is 4.79 Å². The second-order valence-electron chi connectivity index (χ2n) is 4.84. The summed E-state index contributed by atoms with van der Waals surface area (Å²) in [5, 5.41) is 10.7. The van der Waals surface area contributed by atoms with Crippen LogP contribution in [0.5, 0.6) is 0 Å². The van der Waals surface area contributed by atoms with Gasteiger partial charge in [-0.2, -0.15) is 11.3 Å². The highest BCUT2D eigenvalue weighted by Gasteiger charge is 2.25. The summed E-state index contributed by atoms with van der Waals surface area (Å²) in [5.41, 5.74) is 0.653. The number of thiophene rings is 1. The van der Waals surface area contributed by atoms with Crippen LogP contribution in [0.4, 0.5) is 4.79 Å². The molecule has 0 aromatic carbocycles. The number of hydrogen-bond donors (Lipinski definition) is 2. The maximum Gasteiger partial charge on any atom is 0.315 e. The molecule has 0 saturated carbocycles. The minimum Gasteiger partial charge on any atom is -0.334 e. The molecule has 0 atom stereocenters. The van der Waals surface area contributed by atoms with Gasteiger partial charge in [-0.1, -0.05) is 0 Å². The first-order valence-corrected chi connectivity index (χ1v) is 7.73. The Labute approximate surface area is 120 Å². The van der Waals surface area contributed by atoms with Crippen LogP contribution in [0.25, 0.3) is 0 Å². The molecule has 0 aliphatic rings. The summed E-state index contributed by atoms with van der Waals surface area (Å²) in [5.74, 6) is 0. The van der Waals surface area contributed by atoms with Crippen LogP contribution in [0.15, 0.2) is 23.0 Å². The van der Waals surface area contributed by atoms with Crippen molar-refractivity contribution in [2.24, 2.45) is 0 Å². The summed E-state index contributed by atoms with van der Waals surface area (Å²) in [6.45, 7) is 6.46. The first kappa shape index (κ1) is 14.0. The molecule has 2 heterocycles. The Morgan fingerprint density at radius 3 is 2.84 bits per heavy atom. The minimum absolute atomic E-state index is 0.177. The third-order valence-electron chi connectivity index (χ3n) is 2.62. The monoisotopic (exact) mass is 295 g/mol. The lowest BCUT2D eigenvalue weighted by atomic mass is 10.1. The van der Waals surface area contributed by atoms with E-state index in [9.17, 15) is 4.79 Å². The van der Waals surface area contributed by atoms with Crippen molar-refractivity contribution in [1.82, 2.24) is 15.6 Å². The summed E-state index contributed by atoms with van der Waals surface area (Å²) in [4.78, 5) is 17.4. The molecule has 0 bridgehead atoms. The Kier molecular flexibility index (Phi) is 4.21. The number of rotatable bonds is 4. The molecule has 2 amide bonds. The zero-order valence-corrected chi connectivity index (χ0v) is 12.8. The molecule has 19 heavy (non-hydrogen) atoms. The van der Waals surface area contributed by atoms with Gasteiger partial charge in [-0.05, 0) is 43.2 Å². The fourth-order valence-corrected chi connectivity index (χ4v) is 3.09. The van der Waals surface area contributed by atoms with Crippen molar-refractivity contribution in [3.63, 3.8) is 0 Å². The number of amides is 2. The second-order valence-corrected chi connectivity index (χ2v) is 6.86. The van der Waals surface area contributed by atoms with E-state index in [2.05, 4.69) is 15.6 Å². The van der Waals surface area contributed by atoms with Gasteiger partial charge in [0.1, 0.15) is 5.01 Å². The van der Waals surface area contributed by atoms with E-state index in [0.717, 1.165) is 15.4 Å². The van der Waals surface area contributed by atoms with Gasteiger partial charge in [-0.15, -0.1) is 11.3 Å². The molecule has 0 aliphatic heterocycles. The normalized spacial score (nSPS) is 11.3. The van der Waals surface area contributed by atoms with Crippen molar-refractivity contribution in [1.29, 1.82) is 0 Å². The summed E-state index contributed by atoms with van der Waals surface area (Å²) >= 11 is 3.22. The van der Waals surface area contributed by atoms with Gasteiger partial charge in [-0.25, -0.2) is 9.78 Å². The van der Waals surface area contributed by atoms with Gasteiger partial charge >= 0.3 is 6.03 Å². The number of aromatic nitrogens is 1. The molecular weight excluding hydrogens is 278 g/mol. The molecule has 2 rings (SSSR count). The smallest absolute Gasteiger partial charge is 0.315 e. The molecular formula is C13H17N3OS2. The van der Waals surface area contributed by atoms with Gasteiger partial charge in [0, 0.05) is 17.6 Å². The summed E-state index contributed by atoms with van der Waals surface area (Å²) in [6.07, 6.45) is 1.83. The van der Waals surface area contributed by atoms with Gasteiger partial charge in [0.2, 0.25) is 0 Å². The van der Waals surface area contributed by atoms with E-state index in [4.69, 9.17) is 0 Å². The van der Waals surface area contributed by atoms with E-state index in [1.54, 1.807) is 22.7 Å². The highest BCUT2D eigenvalue weighted by atomic mass is 32.1. The molecule has 0 unspecified atom stereocenters. The number of aryl methyl sites for hydroxylation is 1. The molecule has 2 N–H and O–H groups in total. The number of nitrogens with zero attached hydrogens (tertiary/aromatic N) is 1. The van der Waals surface area contributed by atoms with Crippen molar-refractivity contribution in [3.8, 4) is 0 Å². The molecule has 2 aromatic heterocycles. The third kappa shape index (κ3) is 3.78. The van der Waals surface area contributed by atoms with Crippen LogP contribution in [0, 0.1) is 6.92 Å². The largest absolute Gasteiger partial charge is 0.334 e. The van der Waals surface area contributed by atoms with Gasteiger partial charge in [0.25, 0.3) is 0 Å². The van der Waals surface area contributed by atoms with Crippen LogP contribution in [-0.4, -0.2) is 11.0 Å². The molecule has 102 valence electrons. The molecule has 0 spiro atoms. The third-order valence-corrected chi connectivity index (χ3v) is 4.58. The number of hydrogen-bond acceptors (Lipinski definition) is 4. The van der Waals surface area contributed by atoms with Crippen LogP contribution >= 0.6 is 22.7 Å². The number of carbonyl (C=O) groups excluding carboxylic acids is 1. The molecule has 0 fully saturated rings. The van der Waals surface area contributed by atoms with E-state index in [1.165, 1.54) is 0 Å². The van der Waals surface area contributed by atoms with Crippen LogP contribution in [0.1, 0.15) is 29.3 Å². The Morgan fingerprint density at radius 1 is 1.47 bits per heavy atom. The number of nitrogens with one attached hydrogen (secondary N) is 2. The van der Waals surface area contributed by atoms with Gasteiger partial charge in [0.15, 0.2) is 0 Å². The lowest BCUT2D eigenvalue weighted by molar-refractivity contribution is 0.229. The second kappa shape index (κ2) is 5.71. The molecule has 6 heteroatoms. The topological polar surface area (TPSA) is 54.0 Å². The van der Waals surface area contributed by atoms with E-state index >= 15 is 0 Å². The van der Waals surface area contributed by atoms with Crippen LogP contribution in [-0.2, 0) is 12.1 Å². The highest BCUT2D eigenvalue weighted by Crippen LogP contribution is 2.24. The van der Waals surface area contributed by atoms with E-state index in [-0.39, 0.29) is 6.03 Å². The highest BCUT2D eigenvalue weighted by molar-refractivity contribution is 7.11. The Morgan fingerprint density at radius 2 is 2.26 bits per heavy atom. The SMILES string of the molecule is Cc1cnc(C(C)(C)NC(=O)NCc2ccsc2)s1. The molecule has 4 nitrogen and oxygen atoms in total. The lowest BCUT2D eigenvalue weighted by Crippen LogP contribution is -2.46. The Balaban J connectivity index is 1.90. The predicted molar refractivity (Wildman–Crippen MR) is 79.6 cm³/mol. The maximum atomic E-state index is 11.9. The minimum atomic E-state index is -0.461. The van der Waals surface area contributed by atoms with E-state index in [1.807, 2.05) is 43.8 Å². The Hall–Kier alpha value is -1.40. The molecule has 0 radical (unpaired) electrons. The standard InChI is InChI=1S/C13H17N3OS2/c1-9-6-14-11(19-9)13(2,3)16-12(17)15-7-10-4-5-18-8-10/h4-6,8H,7H2,1-3H3,(H2,15,16,17). The van der Waals surface area contributed by atoms with Crippen molar-refractivity contribution in [2.45, 2.75) is 32.9 Å². The molecule has 0 saturated heterocycles. The van der Waals surface area contributed by atoms with E-state index < -0.39 is 5.54 Å². The van der Waals surface area contributed by atoms with Gasteiger partial charge < -0.3 is 10.6 Å². The Bertz CT molecular complexity index is 546. The van der Waals surface area contributed by atoms with Crippen LogP contribution in [0.3, 0.4) is 0 Å². The number of thiazole rings is 1. The quantitative estimate of drug-likeness (QED) is 0.909. The number of carbonyl (C=O) groups is 1. The lowest BCUT2D eigenvalue weighted by Gasteiger charge is -2.23. The predicted octanol–water partition coefficient (Wildman–Crippen LogP) is 3.25. The zero-order valence-electron chi connectivity index (χ0n) is 11.2. The van der Waals surface area contributed by atoms with Crippen molar-refractivity contribution in [2.75, 3.05) is 0 Å². The van der Waals surface area contributed by atoms with Crippen molar-refractivity contribution >= 4 is 28.7 Å². The summed E-state index contributed by atoms with van der Waals surface area (Å²) in [6, 6.07) is 1.82. The summed E-state index contributed by atoms with van der Waals surface area (Å²) in [7, 11) is 0. The van der Waals surface area contributed by atoms with Gasteiger partial charge in [0.05, 0.1) is 5.54 Å².